The number of fused-ring (bicyclic) bond motifs is 1. The summed E-state index contributed by atoms with van der Waals surface area (Å²) in [7, 11) is 0. The number of aromatic nitrogens is 1. The lowest BCUT2D eigenvalue weighted by Crippen LogP contribution is -2.11. The van der Waals surface area contributed by atoms with Crippen LogP contribution in [0.1, 0.15) is 15.9 Å². The van der Waals surface area contributed by atoms with Gasteiger partial charge in [-0.25, -0.2) is 0 Å². The molecule has 1 aromatic heterocycles. The molecule has 0 bridgehead atoms. The second-order valence-electron chi connectivity index (χ2n) is 5.32. The topological polar surface area (TPSA) is 112 Å². The fraction of sp³-hybridized carbons (Fsp3) is 0. The molecule has 6 heteroatoms. The number of carbonyl (C=O) groups is 2. The number of carbonyl (C=O) groups excluding carboxylic acids is 2. The van der Waals surface area contributed by atoms with Crippen LogP contribution in [0.4, 0.5) is 5.69 Å². The maximum absolute atomic E-state index is 11.6. The number of amides is 2. The molecular weight excluding hydrogens is 316 g/mol. The van der Waals surface area contributed by atoms with Crippen LogP contribution in [0.2, 0.25) is 0 Å². The second-order valence-corrected chi connectivity index (χ2v) is 5.32. The Balaban J connectivity index is 2.24. The van der Waals surface area contributed by atoms with E-state index in [4.69, 9.17) is 5.73 Å². The minimum absolute atomic E-state index is 0.326. The molecule has 0 saturated carbocycles. The maximum Gasteiger partial charge on any atom is 0.250 e. The molecule has 0 radical (unpaired) electrons. The highest BCUT2D eigenvalue weighted by atomic mass is 16.1. The lowest BCUT2D eigenvalue weighted by atomic mass is 9.94. The number of aromatic amines is 1. The van der Waals surface area contributed by atoms with Crippen LogP contribution < -0.4 is 11.1 Å². The van der Waals surface area contributed by atoms with Crippen molar-refractivity contribution in [2.45, 2.75) is 0 Å². The standard InChI is InChI=1S/C19H14N4O2/c1-2-17(24)23-16-5-3-4-11(15(16)10-20)12-6-7-14(19(21)25)18-13(12)8-9-22-18/h2-9,22H,1H2,(H2,21,25)(H,23,24). The lowest BCUT2D eigenvalue weighted by molar-refractivity contribution is -0.111. The molecule has 0 unspecified atom stereocenters. The number of nitrogens with two attached hydrogens (primary N) is 1. The predicted octanol–water partition coefficient (Wildman–Crippen LogP) is 2.93. The summed E-state index contributed by atoms with van der Waals surface area (Å²) < 4.78 is 0. The van der Waals surface area contributed by atoms with Crippen LogP contribution in [0.25, 0.3) is 22.0 Å². The first-order valence-electron chi connectivity index (χ1n) is 7.43. The summed E-state index contributed by atoms with van der Waals surface area (Å²) in [6, 6.07) is 12.5. The van der Waals surface area contributed by atoms with Crippen LogP contribution in [0.5, 0.6) is 0 Å². The molecule has 122 valence electrons. The van der Waals surface area contributed by atoms with Gasteiger partial charge >= 0.3 is 0 Å². The smallest absolute Gasteiger partial charge is 0.250 e. The van der Waals surface area contributed by atoms with Crippen molar-refractivity contribution in [3.8, 4) is 17.2 Å². The van der Waals surface area contributed by atoms with E-state index in [2.05, 4.69) is 22.9 Å². The molecule has 0 aliphatic rings. The van der Waals surface area contributed by atoms with E-state index < -0.39 is 11.8 Å². The van der Waals surface area contributed by atoms with Gasteiger partial charge in [0.15, 0.2) is 0 Å². The number of primary amides is 1. The fourth-order valence-corrected chi connectivity index (χ4v) is 2.78. The van der Waals surface area contributed by atoms with Crippen molar-refractivity contribution in [3.05, 3.63) is 66.4 Å². The van der Waals surface area contributed by atoms with E-state index in [1.807, 2.05) is 6.07 Å². The van der Waals surface area contributed by atoms with Crippen molar-refractivity contribution in [1.29, 1.82) is 5.26 Å². The zero-order chi connectivity index (χ0) is 18.0. The Hall–Kier alpha value is -3.85. The molecule has 3 rings (SSSR count). The van der Waals surface area contributed by atoms with Crippen LogP contribution in [0, 0.1) is 11.3 Å². The Morgan fingerprint density at radius 3 is 2.68 bits per heavy atom. The van der Waals surface area contributed by atoms with Gasteiger partial charge in [0, 0.05) is 17.1 Å². The van der Waals surface area contributed by atoms with Gasteiger partial charge in [-0.15, -0.1) is 0 Å². The van der Waals surface area contributed by atoms with Crippen LogP contribution >= 0.6 is 0 Å². The van der Waals surface area contributed by atoms with Crippen LogP contribution in [-0.4, -0.2) is 16.8 Å². The first-order valence-corrected chi connectivity index (χ1v) is 7.43. The van der Waals surface area contributed by atoms with Gasteiger partial charge in [0.05, 0.1) is 22.3 Å². The normalized spacial score (nSPS) is 10.2. The highest BCUT2D eigenvalue weighted by Crippen LogP contribution is 2.34. The van der Waals surface area contributed by atoms with Gasteiger partial charge in [-0.2, -0.15) is 5.26 Å². The number of nitrogens with one attached hydrogen (secondary N) is 2. The zero-order valence-corrected chi connectivity index (χ0v) is 13.2. The average Bonchev–Trinajstić information content (AvgIpc) is 3.10. The quantitative estimate of drug-likeness (QED) is 0.639. The van der Waals surface area contributed by atoms with Crippen LogP contribution in [-0.2, 0) is 4.79 Å². The Labute approximate surface area is 143 Å². The first-order chi connectivity index (χ1) is 12.1. The lowest BCUT2D eigenvalue weighted by Gasteiger charge is -2.12. The fourth-order valence-electron chi connectivity index (χ4n) is 2.78. The number of H-pyrrole nitrogens is 1. The SMILES string of the molecule is C=CC(=O)Nc1cccc(-c2ccc(C(N)=O)c3[nH]ccc23)c1C#N. The van der Waals surface area contributed by atoms with Gasteiger partial charge in [0.25, 0.3) is 5.91 Å². The third-order valence-corrected chi connectivity index (χ3v) is 3.90. The number of rotatable bonds is 4. The van der Waals surface area contributed by atoms with E-state index in [0.717, 1.165) is 17.0 Å². The van der Waals surface area contributed by atoms with Gasteiger partial charge < -0.3 is 16.0 Å². The molecule has 2 aromatic carbocycles. The molecule has 0 aliphatic heterocycles. The third kappa shape index (κ3) is 2.75. The Bertz CT molecular complexity index is 1060. The molecule has 4 N–H and O–H groups in total. The number of benzene rings is 2. The van der Waals surface area contributed by atoms with Crippen molar-refractivity contribution in [2.24, 2.45) is 5.73 Å². The number of nitrogens with zero attached hydrogens (tertiary/aromatic N) is 1. The van der Waals surface area contributed by atoms with Crippen molar-refractivity contribution in [2.75, 3.05) is 5.32 Å². The van der Waals surface area contributed by atoms with E-state index in [-0.39, 0.29) is 0 Å². The monoisotopic (exact) mass is 330 g/mol. The Kier molecular flexibility index (Phi) is 4.06. The highest BCUT2D eigenvalue weighted by molar-refractivity contribution is 6.10. The first kappa shape index (κ1) is 16.0. The Morgan fingerprint density at radius 2 is 2.00 bits per heavy atom. The van der Waals surface area contributed by atoms with Crippen LogP contribution in [0.3, 0.4) is 0 Å². The van der Waals surface area contributed by atoms with Crippen LogP contribution in [0.15, 0.2) is 55.3 Å². The molecule has 1 heterocycles. The third-order valence-electron chi connectivity index (χ3n) is 3.90. The van der Waals surface area contributed by atoms with Gasteiger partial charge in [0.2, 0.25) is 5.91 Å². The summed E-state index contributed by atoms with van der Waals surface area (Å²) in [4.78, 5) is 26.2. The summed E-state index contributed by atoms with van der Waals surface area (Å²) >= 11 is 0. The summed E-state index contributed by atoms with van der Waals surface area (Å²) in [5.74, 6) is -0.934. The van der Waals surface area contributed by atoms with Crippen molar-refractivity contribution >= 4 is 28.4 Å². The molecule has 6 nitrogen and oxygen atoms in total. The molecule has 2 amide bonds. The molecule has 0 aliphatic carbocycles. The van der Waals surface area contributed by atoms with E-state index in [1.165, 1.54) is 0 Å². The van der Waals surface area contributed by atoms with Gasteiger partial charge in [-0.3, -0.25) is 9.59 Å². The largest absolute Gasteiger partial charge is 0.366 e. The molecule has 25 heavy (non-hydrogen) atoms. The van der Waals surface area contributed by atoms with Crippen molar-refractivity contribution in [3.63, 3.8) is 0 Å². The summed E-state index contributed by atoms with van der Waals surface area (Å²) in [6.07, 6.45) is 2.84. The van der Waals surface area contributed by atoms with E-state index >= 15 is 0 Å². The van der Waals surface area contributed by atoms with Gasteiger partial charge in [0.1, 0.15) is 6.07 Å². The summed E-state index contributed by atoms with van der Waals surface area (Å²) in [5.41, 5.74) is 8.51. The number of anilines is 1. The molecule has 3 aromatic rings. The zero-order valence-electron chi connectivity index (χ0n) is 13.2. The summed E-state index contributed by atoms with van der Waals surface area (Å²) in [5, 5.41) is 13.0. The van der Waals surface area contributed by atoms with Crippen molar-refractivity contribution < 1.29 is 9.59 Å². The number of hydrogen-bond acceptors (Lipinski definition) is 3. The average molecular weight is 330 g/mol. The maximum atomic E-state index is 11.6. The van der Waals surface area contributed by atoms with E-state index in [0.29, 0.717) is 27.9 Å². The number of hydrogen-bond donors (Lipinski definition) is 3. The van der Waals surface area contributed by atoms with Gasteiger partial charge in [-0.1, -0.05) is 24.8 Å². The molecule has 0 spiro atoms. The predicted molar refractivity (Wildman–Crippen MR) is 95.8 cm³/mol. The molecule has 0 atom stereocenters. The van der Waals surface area contributed by atoms with Gasteiger partial charge in [-0.05, 0) is 29.8 Å². The molecular formula is C19H14N4O2. The van der Waals surface area contributed by atoms with Crippen molar-refractivity contribution in [1.82, 2.24) is 4.98 Å². The highest BCUT2D eigenvalue weighted by Gasteiger charge is 2.16. The summed E-state index contributed by atoms with van der Waals surface area (Å²) in [6.45, 7) is 3.41. The Morgan fingerprint density at radius 1 is 1.20 bits per heavy atom. The molecule has 0 saturated heterocycles. The van der Waals surface area contributed by atoms with E-state index in [1.54, 1.807) is 36.5 Å². The molecule has 0 fully saturated rings. The minimum atomic E-state index is -0.536. The minimum Gasteiger partial charge on any atom is -0.366 e. The van der Waals surface area contributed by atoms with E-state index in [9.17, 15) is 14.9 Å². The number of nitriles is 1. The second kappa shape index (κ2) is 6.34.